The standard InChI is InChI=1S/C15H13BrN2O3/c1-10-4-6-11(7-5-10)18(9-13(19)20)15(21)14-12(16)3-2-8-17-14/h2-8H,9H2,1H3,(H,19,20). The van der Waals surface area contributed by atoms with Gasteiger partial charge in [-0.2, -0.15) is 0 Å². The Labute approximate surface area is 130 Å². The van der Waals surface area contributed by atoms with Crippen molar-refractivity contribution in [1.82, 2.24) is 4.98 Å². The molecule has 5 nitrogen and oxygen atoms in total. The Morgan fingerprint density at radius 1 is 1.24 bits per heavy atom. The van der Waals surface area contributed by atoms with E-state index in [4.69, 9.17) is 5.11 Å². The van der Waals surface area contributed by atoms with Crippen LogP contribution in [-0.2, 0) is 4.79 Å². The Hall–Kier alpha value is -2.21. The molecule has 1 aromatic heterocycles. The Balaban J connectivity index is 2.40. The van der Waals surface area contributed by atoms with E-state index in [1.807, 2.05) is 19.1 Å². The molecule has 6 heteroatoms. The highest BCUT2D eigenvalue weighted by molar-refractivity contribution is 9.10. The molecule has 0 aliphatic carbocycles. The number of carbonyl (C=O) groups is 2. The van der Waals surface area contributed by atoms with Crippen molar-refractivity contribution in [3.63, 3.8) is 0 Å². The molecule has 0 atom stereocenters. The third-order valence-electron chi connectivity index (χ3n) is 2.85. The van der Waals surface area contributed by atoms with Crippen LogP contribution in [0.5, 0.6) is 0 Å². The number of hydrogen-bond acceptors (Lipinski definition) is 3. The van der Waals surface area contributed by atoms with Crippen LogP contribution in [0, 0.1) is 6.92 Å². The number of aryl methyl sites for hydroxylation is 1. The zero-order chi connectivity index (χ0) is 15.4. The van der Waals surface area contributed by atoms with Crippen LogP contribution in [0.25, 0.3) is 0 Å². The second-order valence-electron chi connectivity index (χ2n) is 4.45. The topological polar surface area (TPSA) is 70.5 Å². The van der Waals surface area contributed by atoms with E-state index in [9.17, 15) is 9.59 Å². The molecule has 2 rings (SSSR count). The van der Waals surface area contributed by atoms with Crippen molar-refractivity contribution >= 4 is 33.5 Å². The van der Waals surface area contributed by atoms with Gasteiger partial charge in [-0.15, -0.1) is 0 Å². The summed E-state index contributed by atoms with van der Waals surface area (Å²) in [5.74, 6) is -1.55. The maximum Gasteiger partial charge on any atom is 0.323 e. The number of carboxylic acids is 1. The fourth-order valence-corrected chi connectivity index (χ4v) is 2.24. The zero-order valence-electron chi connectivity index (χ0n) is 11.3. The summed E-state index contributed by atoms with van der Waals surface area (Å²) in [6, 6.07) is 10.5. The normalized spacial score (nSPS) is 10.2. The molecule has 108 valence electrons. The van der Waals surface area contributed by atoms with Gasteiger partial charge in [0.1, 0.15) is 12.2 Å². The minimum atomic E-state index is -1.09. The first-order valence-corrected chi connectivity index (χ1v) is 6.99. The van der Waals surface area contributed by atoms with E-state index in [1.165, 1.54) is 11.1 Å². The predicted molar refractivity (Wildman–Crippen MR) is 82.4 cm³/mol. The van der Waals surface area contributed by atoms with Gasteiger partial charge >= 0.3 is 5.97 Å². The first-order chi connectivity index (χ1) is 9.99. The van der Waals surface area contributed by atoms with Gasteiger partial charge in [-0.3, -0.25) is 14.5 Å². The number of amides is 1. The average Bonchev–Trinajstić information content (AvgIpc) is 2.45. The molecule has 0 radical (unpaired) electrons. The molecule has 0 saturated carbocycles. The summed E-state index contributed by atoms with van der Waals surface area (Å²) in [7, 11) is 0. The van der Waals surface area contributed by atoms with Crippen molar-refractivity contribution < 1.29 is 14.7 Å². The molecule has 1 heterocycles. The molecule has 1 N–H and O–H groups in total. The lowest BCUT2D eigenvalue weighted by atomic mass is 10.2. The van der Waals surface area contributed by atoms with Gasteiger partial charge in [0.15, 0.2) is 0 Å². The van der Waals surface area contributed by atoms with E-state index in [0.717, 1.165) is 5.56 Å². The number of aromatic nitrogens is 1. The van der Waals surface area contributed by atoms with Crippen molar-refractivity contribution in [3.8, 4) is 0 Å². The number of carbonyl (C=O) groups excluding carboxylic acids is 1. The number of benzene rings is 1. The third kappa shape index (κ3) is 3.66. The van der Waals surface area contributed by atoms with Crippen LogP contribution in [0.2, 0.25) is 0 Å². The summed E-state index contributed by atoms with van der Waals surface area (Å²) in [5.41, 5.74) is 1.73. The number of carboxylic acid groups (broad SMARTS) is 1. The molecule has 0 saturated heterocycles. The first kappa shape index (κ1) is 15.2. The molecule has 2 aromatic rings. The summed E-state index contributed by atoms with van der Waals surface area (Å²) in [4.78, 5) is 28.8. The Kier molecular flexibility index (Phi) is 4.70. The summed E-state index contributed by atoms with van der Waals surface area (Å²) in [6.07, 6.45) is 1.49. The molecule has 1 aromatic carbocycles. The van der Waals surface area contributed by atoms with E-state index in [1.54, 1.807) is 24.3 Å². The molecule has 0 aliphatic rings. The molecular weight excluding hydrogens is 336 g/mol. The number of halogens is 1. The quantitative estimate of drug-likeness (QED) is 0.922. The van der Waals surface area contributed by atoms with Crippen molar-refractivity contribution in [2.75, 3.05) is 11.4 Å². The van der Waals surface area contributed by atoms with Gasteiger partial charge in [0.25, 0.3) is 5.91 Å². The van der Waals surface area contributed by atoms with Crippen molar-refractivity contribution in [3.05, 3.63) is 58.3 Å². The van der Waals surface area contributed by atoms with Crippen LogP contribution in [0.3, 0.4) is 0 Å². The zero-order valence-corrected chi connectivity index (χ0v) is 12.9. The average molecular weight is 349 g/mol. The molecule has 0 fully saturated rings. The van der Waals surface area contributed by atoms with Crippen LogP contribution in [-0.4, -0.2) is 28.5 Å². The van der Waals surface area contributed by atoms with E-state index < -0.39 is 18.4 Å². The van der Waals surface area contributed by atoms with Crippen LogP contribution in [0.4, 0.5) is 5.69 Å². The highest BCUT2D eigenvalue weighted by Gasteiger charge is 2.23. The van der Waals surface area contributed by atoms with E-state index in [0.29, 0.717) is 10.2 Å². The van der Waals surface area contributed by atoms with Gasteiger partial charge in [0, 0.05) is 16.4 Å². The number of pyridine rings is 1. The minimum absolute atomic E-state index is 0.180. The predicted octanol–water partition coefficient (Wildman–Crippen LogP) is 2.88. The van der Waals surface area contributed by atoms with Gasteiger partial charge in [0.2, 0.25) is 0 Å². The van der Waals surface area contributed by atoms with Crippen LogP contribution < -0.4 is 4.90 Å². The molecule has 21 heavy (non-hydrogen) atoms. The van der Waals surface area contributed by atoms with Crippen molar-refractivity contribution in [2.45, 2.75) is 6.92 Å². The van der Waals surface area contributed by atoms with Crippen LogP contribution >= 0.6 is 15.9 Å². The van der Waals surface area contributed by atoms with Crippen LogP contribution in [0.1, 0.15) is 16.1 Å². The Bertz CT molecular complexity index is 671. The van der Waals surface area contributed by atoms with Crippen molar-refractivity contribution in [1.29, 1.82) is 0 Å². The molecule has 0 aliphatic heterocycles. The Morgan fingerprint density at radius 3 is 2.48 bits per heavy atom. The molecule has 0 bridgehead atoms. The smallest absolute Gasteiger partial charge is 0.323 e. The summed E-state index contributed by atoms with van der Waals surface area (Å²) >= 11 is 3.26. The summed E-state index contributed by atoms with van der Waals surface area (Å²) < 4.78 is 0.525. The number of hydrogen-bond donors (Lipinski definition) is 1. The fraction of sp³-hybridized carbons (Fsp3) is 0.133. The summed E-state index contributed by atoms with van der Waals surface area (Å²) in [6.45, 7) is 1.49. The molecule has 0 unspecified atom stereocenters. The lowest BCUT2D eigenvalue weighted by molar-refractivity contribution is -0.135. The van der Waals surface area contributed by atoms with Gasteiger partial charge < -0.3 is 5.11 Å². The van der Waals surface area contributed by atoms with E-state index in [2.05, 4.69) is 20.9 Å². The second kappa shape index (κ2) is 6.49. The molecule has 0 spiro atoms. The SMILES string of the molecule is Cc1ccc(N(CC(=O)O)C(=O)c2ncccc2Br)cc1. The van der Waals surface area contributed by atoms with Gasteiger partial charge in [0.05, 0.1) is 0 Å². The van der Waals surface area contributed by atoms with Gasteiger partial charge in [-0.05, 0) is 47.1 Å². The number of anilines is 1. The lowest BCUT2D eigenvalue weighted by Gasteiger charge is -2.21. The third-order valence-corrected chi connectivity index (χ3v) is 3.49. The molecule has 1 amide bonds. The largest absolute Gasteiger partial charge is 0.480 e. The molecular formula is C15H13BrN2O3. The highest BCUT2D eigenvalue weighted by Crippen LogP contribution is 2.21. The first-order valence-electron chi connectivity index (χ1n) is 6.20. The van der Waals surface area contributed by atoms with Gasteiger partial charge in [-0.25, -0.2) is 4.98 Å². The van der Waals surface area contributed by atoms with Crippen molar-refractivity contribution in [2.24, 2.45) is 0 Å². The van der Waals surface area contributed by atoms with Crippen LogP contribution in [0.15, 0.2) is 47.1 Å². The van der Waals surface area contributed by atoms with Gasteiger partial charge in [-0.1, -0.05) is 17.7 Å². The number of nitrogens with zero attached hydrogens (tertiary/aromatic N) is 2. The summed E-state index contributed by atoms with van der Waals surface area (Å²) in [5, 5.41) is 9.04. The monoisotopic (exact) mass is 348 g/mol. The van der Waals surface area contributed by atoms with E-state index in [-0.39, 0.29) is 5.69 Å². The second-order valence-corrected chi connectivity index (χ2v) is 5.31. The maximum atomic E-state index is 12.6. The van der Waals surface area contributed by atoms with E-state index >= 15 is 0 Å². The minimum Gasteiger partial charge on any atom is -0.480 e. The number of rotatable bonds is 4. The fourth-order valence-electron chi connectivity index (χ4n) is 1.81. The highest BCUT2D eigenvalue weighted by atomic mass is 79.9. The maximum absolute atomic E-state index is 12.6. The lowest BCUT2D eigenvalue weighted by Crippen LogP contribution is -2.36. The Morgan fingerprint density at radius 2 is 1.90 bits per heavy atom. The number of aliphatic carboxylic acids is 1.